The first-order valence-electron chi connectivity index (χ1n) is 7.68. The number of methoxy groups -OCH3 is 3. The maximum Gasteiger partial charge on any atom is 0.259 e. The van der Waals surface area contributed by atoms with Gasteiger partial charge in [-0.15, -0.1) is 0 Å². The van der Waals surface area contributed by atoms with Gasteiger partial charge >= 0.3 is 0 Å². The average molecular weight is 361 g/mol. The SMILES string of the molecule is COc1cc(/C=N/NC(=O)CNc2ccc(F)cc2)cc(OC)c1OC. The summed E-state index contributed by atoms with van der Waals surface area (Å²) >= 11 is 0. The molecule has 0 atom stereocenters. The normalized spacial score (nSPS) is 10.5. The number of benzene rings is 2. The van der Waals surface area contributed by atoms with Crippen LogP contribution in [0, 0.1) is 5.82 Å². The monoisotopic (exact) mass is 361 g/mol. The van der Waals surface area contributed by atoms with Crippen molar-refractivity contribution in [2.24, 2.45) is 5.10 Å². The van der Waals surface area contributed by atoms with Gasteiger partial charge in [0, 0.05) is 11.3 Å². The van der Waals surface area contributed by atoms with Crippen LogP contribution in [-0.2, 0) is 4.79 Å². The molecule has 8 heteroatoms. The molecule has 2 N–H and O–H groups in total. The van der Waals surface area contributed by atoms with Crippen LogP contribution >= 0.6 is 0 Å². The van der Waals surface area contributed by atoms with E-state index in [9.17, 15) is 9.18 Å². The van der Waals surface area contributed by atoms with Gasteiger partial charge in [0.05, 0.1) is 34.1 Å². The van der Waals surface area contributed by atoms with Gasteiger partial charge in [0.15, 0.2) is 11.5 Å². The lowest BCUT2D eigenvalue weighted by Gasteiger charge is -2.12. The van der Waals surface area contributed by atoms with Crippen LogP contribution in [0.15, 0.2) is 41.5 Å². The number of carbonyl (C=O) groups excluding carboxylic acids is 1. The summed E-state index contributed by atoms with van der Waals surface area (Å²) in [6, 6.07) is 9.11. The largest absolute Gasteiger partial charge is 0.493 e. The van der Waals surface area contributed by atoms with Crippen LogP contribution in [-0.4, -0.2) is 40.0 Å². The van der Waals surface area contributed by atoms with Crippen LogP contribution in [0.5, 0.6) is 17.2 Å². The van der Waals surface area contributed by atoms with E-state index in [4.69, 9.17) is 14.2 Å². The number of hydrazone groups is 1. The summed E-state index contributed by atoms with van der Waals surface area (Å²) in [7, 11) is 4.55. The van der Waals surface area contributed by atoms with Crippen molar-refractivity contribution in [3.05, 3.63) is 47.8 Å². The molecule has 0 fully saturated rings. The van der Waals surface area contributed by atoms with Crippen molar-refractivity contribution < 1.29 is 23.4 Å². The highest BCUT2D eigenvalue weighted by Crippen LogP contribution is 2.37. The third kappa shape index (κ3) is 5.10. The molecule has 2 rings (SSSR count). The summed E-state index contributed by atoms with van der Waals surface area (Å²) in [5.74, 6) is 0.753. The van der Waals surface area contributed by atoms with Crippen molar-refractivity contribution in [3.63, 3.8) is 0 Å². The number of halogens is 1. The zero-order valence-electron chi connectivity index (χ0n) is 14.7. The van der Waals surface area contributed by atoms with E-state index in [-0.39, 0.29) is 18.3 Å². The molecule has 0 aliphatic heterocycles. The second kappa shape index (κ2) is 9.26. The van der Waals surface area contributed by atoms with E-state index in [1.165, 1.54) is 39.7 Å². The number of hydrogen-bond donors (Lipinski definition) is 2. The fourth-order valence-corrected chi connectivity index (χ4v) is 2.14. The smallest absolute Gasteiger partial charge is 0.259 e. The Labute approximate surface area is 150 Å². The number of ether oxygens (including phenoxy) is 3. The Balaban J connectivity index is 1.94. The van der Waals surface area contributed by atoms with E-state index in [1.54, 1.807) is 24.3 Å². The quantitative estimate of drug-likeness (QED) is 0.557. The molecule has 0 saturated heterocycles. The highest BCUT2D eigenvalue weighted by molar-refractivity contribution is 5.85. The molecule has 2 aromatic rings. The maximum absolute atomic E-state index is 12.8. The molecule has 0 radical (unpaired) electrons. The van der Waals surface area contributed by atoms with Crippen molar-refractivity contribution >= 4 is 17.8 Å². The predicted octanol–water partition coefficient (Wildman–Crippen LogP) is 2.41. The summed E-state index contributed by atoms with van der Waals surface area (Å²) in [4.78, 5) is 11.8. The van der Waals surface area contributed by atoms with Gasteiger partial charge in [-0.2, -0.15) is 5.10 Å². The van der Waals surface area contributed by atoms with Crippen molar-refractivity contribution in [1.82, 2.24) is 5.43 Å². The van der Waals surface area contributed by atoms with Crippen molar-refractivity contribution in [3.8, 4) is 17.2 Å². The Morgan fingerprint density at radius 3 is 2.23 bits per heavy atom. The third-order valence-electron chi connectivity index (χ3n) is 3.39. The van der Waals surface area contributed by atoms with Crippen LogP contribution in [0.25, 0.3) is 0 Å². The van der Waals surface area contributed by atoms with Gasteiger partial charge in [-0.1, -0.05) is 0 Å². The number of hydrogen-bond acceptors (Lipinski definition) is 6. The van der Waals surface area contributed by atoms with Crippen LogP contribution in [0.2, 0.25) is 0 Å². The predicted molar refractivity (Wildman–Crippen MR) is 96.7 cm³/mol. The topological polar surface area (TPSA) is 81.2 Å². The molecule has 0 aliphatic carbocycles. The molecule has 2 aromatic carbocycles. The zero-order valence-corrected chi connectivity index (χ0v) is 14.7. The van der Waals surface area contributed by atoms with E-state index < -0.39 is 0 Å². The second-order valence-corrected chi connectivity index (χ2v) is 5.11. The number of rotatable bonds is 8. The molecular formula is C18H20FN3O4. The Hall–Kier alpha value is -3.29. The minimum atomic E-state index is -0.349. The molecule has 0 aromatic heterocycles. The Morgan fingerprint density at radius 2 is 1.69 bits per heavy atom. The van der Waals surface area contributed by atoms with Gasteiger partial charge in [-0.05, 0) is 36.4 Å². The zero-order chi connectivity index (χ0) is 18.9. The van der Waals surface area contributed by atoms with Crippen molar-refractivity contribution in [1.29, 1.82) is 0 Å². The first-order valence-corrected chi connectivity index (χ1v) is 7.68. The lowest BCUT2D eigenvalue weighted by Crippen LogP contribution is -2.25. The molecular weight excluding hydrogens is 341 g/mol. The number of carbonyl (C=O) groups is 1. The van der Waals surface area contributed by atoms with Gasteiger partial charge in [0.1, 0.15) is 5.82 Å². The first kappa shape index (κ1) is 19.0. The highest BCUT2D eigenvalue weighted by Gasteiger charge is 2.12. The van der Waals surface area contributed by atoms with Crippen molar-refractivity contribution in [2.75, 3.05) is 33.2 Å². The lowest BCUT2D eigenvalue weighted by atomic mass is 10.2. The summed E-state index contributed by atoms with van der Waals surface area (Å²) in [6.45, 7) is -0.00176. The fraction of sp³-hybridized carbons (Fsp3) is 0.222. The van der Waals surface area contributed by atoms with E-state index in [0.717, 1.165) is 0 Å². The Morgan fingerprint density at radius 1 is 1.08 bits per heavy atom. The Kier molecular flexibility index (Phi) is 6.78. The molecule has 26 heavy (non-hydrogen) atoms. The molecule has 0 spiro atoms. The number of nitrogens with zero attached hydrogens (tertiary/aromatic N) is 1. The minimum absolute atomic E-state index is 0.00176. The maximum atomic E-state index is 12.8. The minimum Gasteiger partial charge on any atom is -0.493 e. The molecule has 0 unspecified atom stereocenters. The molecule has 0 bridgehead atoms. The third-order valence-corrected chi connectivity index (χ3v) is 3.39. The van der Waals surface area contributed by atoms with E-state index >= 15 is 0 Å². The number of nitrogens with one attached hydrogen (secondary N) is 2. The highest BCUT2D eigenvalue weighted by atomic mass is 19.1. The number of amides is 1. The lowest BCUT2D eigenvalue weighted by molar-refractivity contribution is -0.119. The molecule has 7 nitrogen and oxygen atoms in total. The molecule has 0 aliphatic rings. The van der Waals surface area contributed by atoms with Crippen LogP contribution in [0.1, 0.15) is 5.56 Å². The summed E-state index contributed by atoms with van der Waals surface area (Å²) < 4.78 is 28.6. The molecule has 0 saturated carbocycles. The average Bonchev–Trinajstić information content (AvgIpc) is 2.66. The van der Waals surface area contributed by atoms with Gasteiger partial charge < -0.3 is 19.5 Å². The fourth-order valence-electron chi connectivity index (χ4n) is 2.14. The molecule has 1 amide bonds. The van der Waals surface area contributed by atoms with Crippen LogP contribution in [0.4, 0.5) is 10.1 Å². The standard InChI is InChI=1S/C18H20FN3O4/c1-24-15-8-12(9-16(25-2)18(15)26-3)10-21-22-17(23)11-20-14-6-4-13(19)5-7-14/h4-10,20H,11H2,1-3H3,(H,22,23)/b21-10+. The van der Waals surface area contributed by atoms with Crippen molar-refractivity contribution in [2.45, 2.75) is 0 Å². The van der Waals surface area contributed by atoms with Gasteiger partial charge in [-0.3, -0.25) is 4.79 Å². The van der Waals surface area contributed by atoms with Gasteiger partial charge in [-0.25, -0.2) is 9.82 Å². The van der Waals surface area contributed by atoms with Crippen LogP contribution < -0.4 is 25.0 Å². The number of anilines is 1. The molecule has 0 heterocycles. The van der Waals surface area contributed by atoms with Crippen LogP contribution in [0.3, 0.4) is 0 Å². The first-order chi connectivity index (χ1) is 12.6. The Bertz CT molecular complexity index is 754. The second-order valence-electron chi connectivity index (χ2n) is 5.11. The van der Waals surface area contributed by atoms with E-state index in [0.29, 0.717) is 28.5 Å². The van der Waals surface area contributed by atoms with Gasteiger partial charge in [0.25, 0.3) is 5.91 Å². The summed E-state index contributed by atoms with van der Waals surface area (Å²) in [6.07, 6.45) is 1.46. The molecule has 138 valence electrons. The summed E-state index contributed by atoms with van der Waals surface area (Å²) in [5, 5.41) is 6.76. The van der Waals surface area contributed by atoms with Gasteiger partial charge in [0.2, 0.25) is 5.75 Å². The summed E-state index contributed by atoms with van der Waals surface area (Å²) in [5.41, 5.74) is 3.69. The van der Waals surface area contributed by atoms with E-state index in [2.05, 4.69) is 15.8 Å². The van der Waals surface area contributed by atoms with E-state index in [1.807, 2.05) is 0 Å².